The molecule has 1 rings (SSSR count). The Kier molecular flexibility index (Phi) is 4.20. The van der Waals surface area contributed by atoms with E-state index in [-0.39, 0.29) is 6.10 Å². The van der Waals surface area contributed by atoms with Crippen LogP contribution in [0.4, 0.5) is 0 Å². The van der Waals surface area contributed by atoms with Gasteiger partial charge < -0.3 is 9.84 Å². The molecule has 0 aromatic rings. The second-order valence-corrected chi connectivity index (χ2v) is 4.40. The van der Waals surface area contributed by atoms with Crippen molar-refractivity contribution < 1.29 is 9.84 Å². The lowest BCUT2D eigenvalue weighted by molar-refractivity contribution is 0.0430. The summed E-state index contributed by atoms with van der Waals surface area (Å²) in [7, 11) is 0. The summed E-state index contributed by atoms with van der Waals surface area (Å²) in [4.78, 5) is 0. The van der Waals surface area contributed by atoms with E-state index in [1.807, 2.05) is 0 Å². The van der Waals surface area contributed by atoms with Crippen molar-refractivity contribution in [2.24, 2.45) is 11.8 Å². The lowest BCUT2D eigenvalue weighted by Gasteiger charge is -2.23. The number of ether oxygens (including phenoxy) is 1. The zero-order valence-electron chi connectivity index (χ0n) is 8.99. The van der Waals surface area contributed by atoms with E-state index in [9.17, 15) is 5.11 Å². The van der Waals surface area contributed by atoms with Crippen molar-refractivity contribution >= 4 is 0 Å². The molecule has 13 heavy (non-hydrogen) atoms. The van der Waals surface area contributed by atoms with Gasteiger partial charge in [0.05, 0.1) is 18.8 Å². The van der Waals surface area contributed by atoms with Crippen LogP contribution in [0.2, 0.25) is 0 Å². The van der Waals surface area contributed by atoms with Crippen LogP contribution in [0.15, 0.2) is 0 Å². The van der Waals surface area contributed by atoms with Crippen LogP contribution in [0.1, 0.15) is 40.0 Å². The summed E-state index contributed by atoms with van der Waals surface area (Å²) >= 11 is 0. The lowest BCUT2D eigenvalue weighted by Crippen LogP contribution is -2.27. The second kappa shape index (κ2) is 4.97. The molecule has 0 bridgehead atoms. The van der Waals surface area contributed by atoms with Crippen LogP contribution in [0.5, 0.6) is 0 Å². The Bertz CT molecular complexity index is 147. The molecule has 0 radical (unpaired) electrons. The van der Waals surface area contributed by atoms with Crippen molar-refractivity contribution in [3.8, 4) is 0 Å². The SMILES string of the molecule is CCCC(C)C(O)C1COC(C)C1. The standard InChI is InChI=1S/C11H22O2/c1-4-5-8(2)11(12)10-6-9(3)13-7-10/h8-12H,4-7H2,1-3H3. The summed E-state index contributed by atoms with van der Waals surface area (Å²) in [6, 6.07) is 0. The fourth-order valence-electron chi connectivity index (χ4n) is 2.18. The Labute approximate surface area is 81.3 Å². The topological polar surface area (TPSA) is 29.5 Å². The maximum atomic E-state index is 9.99. The van der Waals surface area contributed by atoms with Gasteiger partial charge in [-0.05, 0) is 25.7 Å². The molecule has 4 atom stereocenters. The van der Waals surface area contributed by atoms with Crippen LogP contribution in [-0.4, -0.2) is 23.9 Å². The molecule has 0 aromatic heterocycles. The minimum absolute atomic E-state index is 0.162. The highest BCUT2D eigenvalue weighted by atomic mass is 16.5. The predicted octanol–water partition coefficient (Wildman–Crippen LogP) is 2.21. The second-order valence-electron chi connectivity index (χ2n) is 4.40. The molecule has 0 amide bonds. The molecule has 1 aliphatic rings. The Hall–Kier alpha value is -0.0800. The number of hydrogen-bond donors (Lipinski definition) is 1. The van der Waals surface area contributed by atoms with Gasteiger partial charge in [0.15, 0.2) is 0 Å². The molecule has 1 saturated heterocycles. The molecule has 78 valence electrons. The van der Waals surface area contributed by atoms with E-state index in [0.717, 1.165) is 25.9 Å². The number of rotatable bonds is 4. The molecular formula is C11H22O2. The third-order valence-corrected chi connectivity index (χ3v) is 3.04. The van der Waals surface area contributed by atoms with Gasteiger partial charge >= 0.3 is 0 Å². The van der Waals surface area contributed by atoms with E-state index < -0.39 is 0 Å². The smallest absolute Gasteiger partial charge is 0.0616 e. The van der Waals surface area contributed by atoms with Crippen molar-refractivity contribution in [2.45, 2.75) is 52.2 Å². The molecule has 0 aliphatic carbocycles. The van der Waals surface area contributed by atoms with Gasteiger partial charge in [0.1, 0.15) is 0 Å². The first-order chi connectivity index (χ1) is 6.15. The Balaban J connectivity index is 2.33. The summed E-state index contributed by atoms with van der Waals surface area (Å²) in [5, 5.41) is 9.99. The third kappa shape index (κ3) is 2.96. The van der Waals surface area contributed by atoms with E-state index >= 15 is 0 Å². The minimum atomic E-state index is -0.162. The van der Waals surface area contributed by atoms with E-state index in [4.69, 9.17) is 4.74 Å². The molecule has 1 fully saturated rings. The Morgan fingerprint density at radius 2 is 2.23 bits per heavy atom. The highest BCUT2D eigenvalue weighted by Crippen LogP contribution is 2.27. The number of hydrogen-bond acceptors (Lipinski definition) is 2. The molecule has 2 nitrogen and oxygen atoms in total. The van der Waals surface area contributed by atoms with E-state index in [1.165, 1.54) is 0 Å². The zero-order valence-corrected chi connectivity index (χ0v) is 8.99. The van der Waals surface area contributed by atoms with Crippen molar-refractivity contribution in [3.05, 3.63) is 0 Å². The predicted molar refractivity (Wildman–Crippen MR) is 53.6 cm³/mol. The Morgan fingerprint density at radius 3 is 2.69 bits per heavy atom. The fraction of sp³-hybridized carbons (Fsp3) is 1.00. The van der Waals surface area contributed by atoms with Crippen LogP contribution in [-0.2, 0) is 4.74 Å². The summed E-state index contributed by atoms with van der Waals surface area (Å²) in [6.07, 6.45) is 3.47. The molecule has 1 heterocycles. The summed E-state index contributed by atoms with van der Waals surface area (Å²) in [5.74, 6) is 0.792. The lowest BCUT2D eigenvalue weighted by atomic mass is 9.88. The third-order valence-electron chi connectivity index (χ3n) is 3.04. The van der Waals surface area contributed by atoms with Gasteiger partial charge in [-0.1, -0.05) is 20.3 Å². The van der Waals surface area contributed by atoms with Gasteiger partial charge in [0.25, 0.3) is 0 Å². The zero-order chi connectivity index (χ0) is 9.84. The molecule has 0 aromatic carbocycles. The average Bonchev–Trinajstić information content (AvgIpc) is 2.51. The molecule has 0 saturated carbocycles. The first-order valence-electron chi connectivity index (χ1n) is 5.44. The normalized spacial score (nSPS) is 33.2. The monoisotopic (exact) mass is 186 g/mol. The van der Waals surface area contributed by atoms with Gasteiger partial charge in [-0.2, -0.15) is 0 Å². The summed E-state index contributed by atoms with van der Waals surface area (Å²) in [6.45, 7) is 7.13. The Morgan fingerprint density at radius 1 is 1.54 bits per heavy atom. The average molecular weight is 186 g/mol. The van der Waals surface area contributed by atoms with E-state index in [0.29, 0.717) is 17.9 Å². The van der Waals surface area contributed by atoms with Gasteiger partial charge in [-0.25, -0.2) is 0 Å². The summed E-state index contributed by atoms with van der Waals surface area (Å²) < 4.78 is 5.45. The van der Waals surface area contributed by atoms with Gasteiger partial charge in [-0.3, -0.25) is 0 Å². The maximum absolute atomic E-state index is 9.99. The first kappa shape index (κ1) is 11.0. The highest BCUT2D eigenvalue weighted by Gasteiger charge is 2.30. The first-order valence-corrected chi connectivity index (χ1v) is 5.44. The highest BCUT2D eigenvalue weighted by molar-refractivity contribution is 4.79. The number of aliphatic hydroxyl groups excluding tert-OH is 1. The van der Waals surface area contributed by atoms with Crippen LogP contribution in [0.3, 0.4) is 0 Å². The van der Waals surface area contributed by atoms with Gasteiger partial charge in [0, 0.05) is 5.92 Å². The molecule has 4 unspecified atom stereocenters. The molecular weight excluding hydrogens is 164 g/mol. The van der Waals surface area contributed by atoms with Gasteiger partial charge in [0.2, 0.25) is 0 Å². The maximum Gasteiger partial charge on any atom is 0.0616 e. The number of aliphatic hydroxyl groups is 1. The molecule has 1 N–H and O–H groups in total. The van der Waals surface area contributed by atoms with Crippen LogP contribution < -0.4 is 0 Å². The minimum Gasteiger partial charge on any atom is -0.392 e. The van der Waals surface area contributed by atoms with Gasteiger partial charge in [-0.15, -0.1) is 0 Å². The van der Waals surface area contributed by atoms with Crippen LogP contribution in [0.25, 0.3) is 0 Å². The van der Waals surface area contributed by atoms with Crippen molar-refractivity contribution in [2.75, 3.05) is 6.61 Å². The molecule has 0 spiro atoms. The van der Waals surface area contributed by atoms with Crippen LogP contribution in [0, 0.1) is 11.8 Å². The molecule has 2 heteroatoms. The largest absolute Gasteiger partial charge is 0.392 e. The fourth-order valence-corrected chi connectivity index (χ4v) is 2.18. The van der Waals surface area contributed by atoms with E-state index in [2.05, 4.69) is 20.8 Å². The van der Waals surface area contributed by atoms with Crippen molar-refractivity contribution in [1.82, 2.24) is 0 Å². The van der Waals surface area contributed by atoms with E-state index in [1.54, 1.807) is 0 Å². The summed E-state index contributed by atoms with van der Waals surface area (Å²) in [5.41, 5.74) is 0. The quantitative estimate of drug-likeness (QED) is 0.729. The van der Waals surface area contributed by atoms with Crippen molar-refractivity contribution in [1.29, 1.82) is 0 Å². The van der Waals surface area contributed by atoms with Crippen LogP contribution >= 0.6 is 0 Å². The van der Waals surface area contributed by atoms with Crippen molar-refractivity contribution in [3.63, 3.8) is 0 Å². The molecule has 1 aliphatic heterocycles.